The maximum absolute atomic E-state index is 13.5. The van der Waals surface area contributed by atoms with Gasteiger partial charge in [-0.3, -0.25) is 9.36 Å². The molecule has 0 unspecified atom stereocenters. The van der Waals surface area contributed by atoms with Gasteiger partial charge in [-0.15, -0.1) is 0 Å². The minimum Gasteiger partial charge on any atom is -0.495 e. The molecule has 0 aliphatic carbocycles. The molecule has 0 N–H and O–H groups in total. The number of nitrogens with zero attached hydrogens (tertiary/aromatic N) is 3. The van der Waals surface area contributed by atoms with Gasteiger partial charge in [0.15, 0.2) is 0 Å². The van der Waals surface area contributed by atoms with Gasteiger partial charge in [0.25, 0.3) is 5.56 Å². The van der Waals surface area contributed by atoms with Gasteiger partial charge in [0, 0.05) is 29.2 Å². The van der Waals surface area contributed by atoms with Crippen LogP contribution >= 0.6 is 0 Å². The summed E-state index contributed by atoms with van der Waals surface area (Å²) in [7, 11) is 3.67. The molecule has 5 rings (SSSR count). The van der Waals surface area contributed by atoms with Crippen molar-refractivity contribution >= 4 is 34.0 Å². The number of aryl methyl sites for hydroxylation is 1. The largest absolute Gasteiger partial charge is 0.495 e. The first-order valence-electron chi connectivity index (χ1n) is 10.5. The van der Waals surface area contributed by atoms with E-state index < -0.39 is 0 Å². The Bertz CT molecular complexity index is 1560. The Morgan fingerprint density at radius 3 is 2.38 bits per heavy atom. The van der Waals surface area contributed by atoms with Crippen LogP contribution in [0.15, 0.2) is 77.6 Å². The summed E-state index contributed by atoms with van der Waals surface area (Å²) in [6, 6.07) is 23.2. The molecular formula is C27H23N3O2. The molecule has 0 bridgehead atoms. The molecule has 0 amide bonds. The van der Waals surface area contributed by atoms with E-state index in [1.165, 1.54) is 5.52 Å². The standard InChI is InChI=1S/C27H23N3O2/c1-18-19(20-10-5-7-13-23(20)29(18)2)16-17-26-28-22-12-6-4-11-21(22)27(31)30(26)24-14-8-9-15-25(24)32-3/h4-17H,1-3H3. The maximum atomic E-state index is 13.5. The van der Waals surface area contributed by atoms with Gasteiger partial charge < -0.3 is 9.30 Å². The van der Waals surface area contributed by atoms with Gasteiger partial charge in [-0.25, -0.2) is 4.98 Å². The van der Waals surface area contributed by atoms with Crippen molar-refractivity contribution in [1.29, 1.82) is 0 Å². The van der Waals surface area contributed by atoms with Crippen molar-refractivity contribution in [2.75, 3.05) is 7.11 Å². The summed E-state index contributed by atoms with van der Waals surface area (Å²) in [5.74, 6) is 1.16. The van der Waals surface area contributed by atoms with Crippen LogP contribution in [0.3, 0.4) is 0 Å². The van der Waals surface area contributed by atoms with E-state index in [1.807, 2.05) is 66.7 Å². The average Bonchev–Trinajstić information content (AvgIpc) is 3.07. The van der Waals surface area contributed by atoms with Crippen LogP contribution in [0, 0.1) is 6.92 Å². The van der Waals surface area contributed by atoms with Gasteiger partial charge in [-0.1, -0.05) is 42.5 Å². The number of methoxy groups -OCH3 is 1. The fraction of sp³-hybridized carbons (Fsp3) is 0.111. The zero-order chi connectivity index (χ0) is 22.2. The Morgan fingerprint density at radius 1 is 0.875 bits per heavy atom. The van der Waals surface area contributed by atoms with Crippen molar-refractivity contribution in [2.24, 2.45) is 7.05 Å². The first kappa shape index (κ1) is 19.8. The molecule has 5 heteroatoms. The number of hydrogen-bond donors (Lipinski definition) is 0. The molecule has 0 saturated carbocycles. The van der Waals surface area contributed by atoms with Gasteiger partial charge in [-0.2, -0.15) is 0 Å². The second-order valence-corrected chi connectivity index (χ2v) is 7.71. The highest BCUT2D eigenvalue weighted by molar-refractivity contribution is 5.93. The predicted octanol–water partition coefficient (Wildman–Crippen LogP) is 5.36. The number of benzene rings is 3. The quantitative estimate of drug-likeness (QED) is 0.392. The smallest absolute Gasteiger partial charge is 0.266 e. The summed E-state index contributed by atoms with van der Waals surface area (Å²) in [5, 5.41) is 1.73. The molecule has 32 heavy (non-hydrogen) atoms. The van der Waals surface area contributed by atoms with Crippen LogP contribution < -0.4 is 10.3 Å². The van der Waals surface area contributed by atoms with Gasteiger partial charge in [0.05, 0.1) is 23.7 Å². The third-order valence-corrected chi connectivity index (χ3v) is 5.98. The van der Waals surface area contributed by atoms with Crippen LogP contribution in [0.5, 0.6) is 5.75 Å². The Balaban J connectivity index is 1.78. The van der Waals surface area contributed by atoms with E-state index in [1.54, 1.807) is 17.7 Å². The number of hydrogen-bond acceptors (Lipinski definition) is 3. The van der Waals surface area contributed by atoms with E-state index in [0.29, 0.717) is 28.2 Å². The van der Waals surface area contributed by atoms with E-state index in [-0.39, 0.29) is 5.56 Å². The average molecular weight is 422 g/mol. The molecule has 158 valence electrons. The van der Waals surface area contributed by atoms with Gasteiger partial charge >= 0.3 is 0 Å². The third kappa shape index (κ3) is 3.10. The molecule has 0 fully saturated rings. The summed E-state index contributed by atoms with van der Waals surface area (Å²) >= 11 is 0. The van der Waals surface area contributed by atoms with Crippen molar-refractivity contribution in [3.05, 3.63) is 100 Å². The summed E-state index contributed by atoms with van der Waals surface area (Å²) in [6.07, 6.45) is 3.95. The summed E-state index contributed by atoms with van der Waals surface area (Å²) in [4.78, 5) is 18.4. The van der Waals surface area contributed by atoms with Crippen molar-refractivity contribution in [3.63, 3.8) is 0 Å². The van der Waals surface area contributed by atoms with Gasteiger partial charge in [-0.05, 0) is 49.4 Å². The third-order valence-electron chi connectivity index (χ3n) is 5.98. The first-order chi connectivity index (χ1) is 15.6. The summed E-state index contributed by atoms with van der Waals surface area (Å²) in [6.45, 7) is 2.10. The summed E-state index contributed by atoms with van der Waals surface area (Å²) in [5.41, 5.74) is 4.62. The molecule has 0 aliphatic rings. The number of para-hydroxylation sites is 4. The molecule has 2 aromatic heterocycles. The summed E-state index contributed by atoms with van der Waals surface area (Å²) < 4.78 is 9.35. The second-order valence-electron chi connectivity index (χ2n) is 7.71. The zero-order valence-electron chi connectivity index (χ0n) is 18.2. The van der Waals surface area contributed by atoms with Crippen LogP contribution in [-0.4, -0.2) is 21.2 Å². The fourth-order valence-electron chi connectivity index (χ4n) is 4.23. The molecule has 2 heterocycles. The van der Waals surface area contributed by atoms with Crippen molar-refractivity contribution in [1.82, 2.24) is 14.1 Å². The highest BCUT2D eigenvalue weighted by Gasteiger charge is 2.15. The van der Waals surface area contributed by atoms with Crippen molar-refractivity contribution < 1.29 is 4.74 Å². The fourth-order valence-corrected chi connectivity index (χ4v) is 4.23. The minimum absolute atomic E-state index is 0.130. The monoisotopic (exact) mass is 421 g/mol. The van der Waals surface area contributed by atoms with Crippen LogP contribution in [0.25, 0.3) is 39.6 Å². The Labute approximate surface area is 185 Å². The second kappa shape index (κ2) is 7.85. The molecule has 0 aliphatic heterocycles. The molecule has 0 spiro atoms. The lowest BCUT2D eigenvalue weighted by molar-refractivity contribution is 0.412. The number of aromatic nitrogens is 3. The minimum atomic E-state index is -0.130. The number of ether oxygens (including phenoxy) is 1. The Morgan fingerprint density at radius 2 is 1.56 bits per heavy atom. The van der Waals surface area contributed by atoms with Crippen molar-refractivity contribution in [3.8, 4) is 11.4 Å². The zero-order valence-corrected chi connectivity index (χ0v) is 18.2. The van der Waals surface area contributed by atoms with Crippen LogP contribution in [-0.2, 0) is 7.05 Å². The Hall–Kier alpha value is -4.12. The number of rotatable bonds is 4. The SMILES string of the molecule is COc1ccccc1-n1c(C=Cc2c(C)n(C)c3ccccc23)nc2ccccc2c1=O. The molecule has 5 nitrogen and oxygen atoms in total. The van der Waals surface area contributed by atoms with E-state index >= 15 is 0 Å². The lowest BCUT2D eigenvalue weighted by Gasteiger charge is -2.14. The molecule has 0 radical (unpaired) electrons. The van der Waals surface area contributed by atoms with Crippen molar-refractivity contribution in [2.45, 2.75) is 6.92 Å². The van der Waals surface area contributed by atoms with E-state index in [2.05, 4.69) is 30.7 Å². The first-order valence-corrected chi connectivity index (χ1v) is 10.5. The van der Waals surface area contributed by atoms with E-state index in [0.717, 1.165) is 16.6 Å². The normalized spacial score (nSPS) is 11.6. The molecule has 0 atom stereocenters. The van der Waals surface area contributed by atoms with Gasteiger partial charge in [0.1, 0.15) is 11.6 Å². The van der Waals surface area contributed by atoms with E-state index in [9.17, 15) is 4.79 Å². The molecule has 0 saturated heterocycles. The number of fused-ring (bicyclic) bond motifs is 2. The van der Waals surface area contributed by atoms with Crippen LogP contribution in [0.1, 0.15) is 17.1 Å². The van der Waals surface area contributed by atoms with E-state index in [4.69, 9.17) is 9.72 Å². The molecular weight excluding hydrogens is 398 g/mol. The Kier molecular flexibility index (Phi) is 4.86. The van der Waals surface area contributed by atoms with Crippen LogP contribution in [0.2, 0.25) is 0 Å². The lowest BCUT2D eigenvalue weighted by atomic mass is 10.1. The van der Waals surface area contributed by atoms with Crippen LogP contribution in [0.4, 0.5) is 0 Å². The topological polar surface area (TPSA) is 49.0 Å². The molecule has 3 aromatic carbocycles. The highest BCUT2D eigenvalue weighted by Crippen LogP contribution is 2.28. The maximum Gasteiger partial charge on any atom is 0.266 e. The predicted molar refractivity (Wildman–Crippen MR) is 130 cm³/mol. The molecule has 5 aromatic rings. The lowest BCUT2D eigenvalue weighted by Crippen LogP contribution is -2.22. The highest BCUT2D eigenvalue weighted by atomic mass is 16.5. The van der Waals surface area contributed by atoms with Gasteiger partial charge in [0.2, 0.25) is 0 Å².